The molecular weight excluding hydrogens is 360 g/mol. The Hall–Kier alpha value is -2.63. The summed E-state index contributed by atoms with van der Waals surface area (Å²) in [5.41, 5.74) is 4.35. The zero-order valence-electron chi connectivity index (χ0n) is 15.7. The Morgan fingerprint density at radius 3 is 2.48 bits per heavy atom. The maximum atomic E-state index is 12.4. The highest BCUT2D eigenvalue weighted by atomic mass is 35.5. The minimum Gasteiger partial charge on any atom is -0.322 e. The molecule has 5 nitrogen and oxygen atoms in total. The number of amides is 1. The molecule has 6 heteroatoms. The van der Waals surface area contributed by atoms with Gasteiger partial charge in [0.05, 0.1) is 29.3 Å². The van der Waals surface area contributed by atoms with Crippen LogP contribution in [0, 0.1) is 13.8 Å². The highest BCUT2D eigenvalue weighted by molar-refractivity contribution is 6.31. The lowest BCUT2D eigenvalue weighted by Gasteiger charge is -2.15. The molecule has 0 saturated carbocycles. The largest absolute Gasteiger partial charge is 0.322 e. The van der Waals surface area contributed by atoms with Crippen molar-refractivity contribution in [2.24, 2.45) is 0 Å². The van der Waals surface area contributed by atoms with Crippen molar-refractivity contribution in [3.8, 4) is 5.69 Å². The van der Waals surface area contributed by atoms with Crippen LogP contribution in [0.1, 0.15) is 29.9 Å². The van der Waals surface area contributed by atoms with Crippen LogP contribution in [0.3, 0.4) is 0 Å². The number of aromatic nitrogens is 2. The maximum absolute atomic E-state index is 12.4. The van der Waals surface area contributed by atoms with Crippen molar-refractivity contribution in [2.75, 3.05) is 11.9 Å². The fourth-order valence-corrected chi connectivity index (χ4v) is 3.31. The van der Waals surface area contributed by atoms with E-state index in [9.17, 15) is 4.79 Å². The molecule has 140 valence electrons. The predicted molar refractivity (Wildman–Crippen MR) is 110 cm³/mol. The maximum Gasteiger partial charge on any atom is 0.238 e. The fraction of sp³-hybridized carbons (Fsp3) is 0.238. The molecule has 0 fully saturated rings. The quantitative estimate of drug-likeness (QED) is 0.663. The van der Waals surface area contributed by atoms with Crippen molar-refractivity contribution in [3.05, 3.63) is 76.6 Å². The number of hydrogen-bond acceptors (Lipinski definition) is 3. The topological polar surface area (TPSA) is 59.0 Å². The van der Waals surface area contributed by atoms with Gasteiger partial charge in [-0.05, 0) is 44.5 Å². The molecule has 27 heavy (non-hydrogen) atoms. The van der Waals surface area contributed by atoms with Crippen LogP contribution < -0.4 is 10.6 Å². The summed E-state index contributed by atoms with van der Waals surface area (Å²) in [4.78, 5) is 12.4. The van der Waals surface area contributed by atoms with E-state index in [1.807, 2.05) is 80.1 Å². The Labute approximate surface area is 164 Å². The minimum absolute atomic E-state index is 0.0290. The lowest BCUT2D eigenvalue weighted by Crippen LogP contribution is -2.30. The third kappa shape index (κ3) is 4.38. The molecule has 0 radical (unpaired) electrons. The Morgan fingerprint density at radius 1 is 1.11 bits per heavy atom. The van der Waals surface area contributed by atoms with Crippen LogP contribution in [0.4, 0.5) is 5.69 Å². The summed E-state index contributed by atoms with van der Waals surface area (Å²) in [6.45, 7) is 6.00. The smallest absolute Gasteiger partial charge is 0.238 e. The first-order valence-electron chi connectivity index (χ1n) is 8.86. The van der Waals surface area contributed by atoms with Gasteiger partial charge in [0.15, 0.2) is 0 Å². The standard InChI is InChI=1S/C21H23ClN4O/c1-14(18-11-7-8-12-19(18)22)23-13-20(27)24-21-15(2)25-26(16(21)3)17-9-5-4-6-10-17/h4-12,14,23H,13H2,1-3H3,(H,24,27). The number of rotatable bonds is 6. The second-order valence-electron chi connectivity index (χ2n) is 6.47. The van der Waals surface area contributed by atoms with Gasteiger partial charge in [-0.3, -0.25) is 4.79 Å². The Bertz CT molecular complexity index is 937. The molecule has 0 aliphatic rings. The van der Waals surface area contributed by atoms with Crippen molar-refractivity contribution >= 4 is 23.2 Å². The van der Waals surface area contributed by atoms with Crippen LogP contribution in [0.5, 0.6) is 0 Å². The van der Waals surface area contributed by atoms with E-state index in [0.29, 0.717) is 5.02 Å². The summed E-state index contributed by atoms with van der Waals surface area (Å²) in [6, 6.07) is 17.5. The Morgan fingerprint density at radius 2 is 1.78 bits per heavy atom. The van der Waals surface area contributed by atoms with Gasteiger partial charge in [-0.25, -0.2) is 4.68 Å². The number of aryl methyl sites for hydroxylation is 1. The molecule has 2 aromatic carbocycles. The predicted octanol–water partition coefficient (Wildman–Crippen LogP) is 4.43. The molecular formula is C21H23ClN4O. The number of benzene rings is 2. The van der Waals surface area contributed by atoms with Gasteiger partial charge in [-0.2, -0.15) is 5.10 Å². The number of anilines is 1. The molecule has 0 aliphatic heterocycles. The minimum atomic E-state index is -0.118. The number of carbonyl (C=O) groups is 1. The molecule has 1 amide bonds. The molecule has 0 aliphatic carbocycles. The van der Waals surface area contributed by atoms with Crippen LogP contribution in [0.25, 0.3) is 5.69 Å². The van der Waals surface area contributed by atoms with Gasteiger partial charge in [-0.15, -0.1) is 0 Å². The third-order valence-electron chi connectivity index (χ3n) is 4.50. The van der Waals surface area contributed by atoms with Gasteiger partial charge in [0.25, 0.3) is 0 Å². The number of carbonyl (C=O) groups excluding carboxylic acids is 1. The first-order valence-corrected chi connectivity index (χ1v) is 9.24. The van der Waals surface area contributed by atoms with Crippen LogP contribution in [-0.2, 0) is 4.79 Å². The van der Waals surface area contributed by atoms with E-state index < -0.39 is 0 Å². The van der Waals surface area contributed by atoms with Gasteiger partial charge >= 0.3 is 0 Å². The summed E-state index contributed by atoms with van der Waals surface area (Å²) in [7, 11) is 0. The van der Waals surface area contributed by atoms with E-state index in [4.69, 9.17) is 11.6 Å². The summed E-state index contributed by atoms with van der Waals surface area (Å²) in [5.74, 6) is -0.118. The van der Waals surface area contributed by atoms with E-state index in [2.05, 4.69) is 15.7 Å². The van der Waals surface area contributed by atoms with Gasteiger partial charge in [0.1, 0.15) is 0 Å². The molecule has 0 bridgehead atoms. The van der Waals surface area contributed by atoms with Crippen molar-refractivity contribution in [1.82, 2.24) is 15.1 Å². The molecule has 1 heterocycles. The summed E-state index contributed by atoms with van der Waals surface area (Å²) in [6.07, 6.45) is 0. The molecule has 3 aromatic rings. The first-order chi connectivity index (χ1) is 13.0. The van der Waals surface area contributed by atoms with Gasteiger partial charge < -0.3 is 10.6 Å². The monoisotopic (exact) mass is 382 g/mol. The van der Waals surface area contributed by atoms with E-state index in [-0.39, 0.29) is 18.5 Å². The van der Waals surface area contributed by atoms with Gasteiger partial charge in [-0.1, -0.05) is 48.0 Å². The highest BCUT2D eigenvalue weighted by Crippen LogP contribution is 2.23. The van der Waals surface area contributed by atoms with Crippen molar-refractivity contribution < 1.29 is 4.79 Å². The molecule has 1 aromatic heterocycles. The lowest BCUT2D eigenvalue weighted by atomic mass is 10.1. The molecule has 1 unspecified atom stereocenters. The van der Waals surface area contributed by atoms with Crippen molar-refractivity contribution in [3.63, 3.8) is 0 Å². The summed E-state index contributed by atoms with van der Waals surface area (Å²) >= 11 is 6.22. The Balaban J connectivity index is 1.66. The van der Waals surface area contributed by atoms with Crippen LogP contribution in [0.2, 0.25) is 5.02 Å². The number of hydrogen-bond donors (Lipinski definition) is 2. The molecule has 0 saturated heterocycles. The third-order valence-corrected chi connectivity index (χ3v) is 4.84. The number of halogens is 1. The normalized spacial score (nSPS) is 12.0. The van der Waals surface area contributed by atoms with E-state index in [1.54, 1.807) is 0 Å². The second-order valence-corrected chi connectivity index (χ2v) is 6.87. The SMILES string of the molecule is Cc1nn(-c2ccccc2)c(C)c1NC(=O)CNC(C)c1ccccc1Cl. The number of para-hydroxylation sites is 1. The van der Waals surface area contributed by atoms with Gasteiger partial charge in [0.2, 0.25) is 5.91 Å². The van der Waals surface area contributed by atoms with Crippen LogP contribution in [0.15, 0.2) is 54.6 Å². The van der Waals surface area contributed by atoms with Crippen molar-refractivity contribution in [2.45, 2.75) is 26.8 Å². The van der Waals surface area contributed by atoms with Gasteiger partial charge in [0, 0.05) is 11.1 Å². The lowest BCUT2D eigenvalue weighted by molar-refractivity contribution is -0.115. The highest BCUT2D eigenvalue weighted by Gasteiger charge is 2.16. The Kier molecular flexibility index (Phi) is 5.94. The summed E-state index contributed by atoms with van der Waals surface area (Å²) < 4.78 is 1.84. The van der Waals surface area contributed by atoms with Crippen LogP contribution >= 0.6 is 11.6 Å². The second kappa shape index (κ2) is 8.37. The number of nitrogens with one attached hydrogen (secondary N) is 2. The number of nitrogens with zero attached hydrogens (tertiary/aromatic N) is 2. The molecule has 0 spiro atoms. The molecule has 1 atom stereocenters. The van der Waals surface area contributed by atoms with Crippen LogP contribution in [-0.4, -0.2) is 22.2 Å². The molecule has 2 N–H and O–H groups in total. The zero-order chi connectivity index (χ0) is 19.4. The van der Waals surface area contributed by atoms with E-state index >= 15 is 0 Å². The summed E-state index contributed by atoms with van der Waals surface area (Å²) in [5, 5.41) is 11.4. The average molecular weight is 383 g/mol. The fourth-order valence-electron chi connectivity index (χ4n) is 3.01. The van der Waals surface area contributed by atoms with Crippen molar-refractivity contribution in [1.29, 1.82) is 0 Å². The first kappa shape index (κ1) is 19.1. The molecule has 3 rings (SSSR count). The van der Waals surface area contributed by atoms with E-state index in [1.165, 1.54) is 0 Å². The average Bonchev–Trinajstić information content (AvgIpc) is 2.95. The van der Waals surface area contributed by atoms with E-state index in [0.717, 1.165) is 28.3 Å². The zero-order valence-corrected chi connectivity index (χ0v) is 16.4.